The zero-order valence-electron chi connectivity index (χ0n) is 14.7. The predicted octanol–water partition coefficient (Wildman–Crippen LogP) is 3.49. The number of pyridine rings is 1. The largest absolute Gasteiger partial charge is 0.370 e. The molecule has 1 amide bonds. The molecule has 0 radical (unpaired) electrons. The van der Waals surface area contributed by atoms with E-state index in [2.05, 4.69) is 21.8 Å². The second-order valence-corrected chi connectivity index (χ2v) is 7.47. The van der Waals surface area contributed by atoms with Crippen LogP contribution in [0.15, 0.2) is 54.3 Å². The summed E-state index contributed by atoms with van der Waals surface area (Å²) in [6.45, 7) is 4.45. The number of rotatable bonds is 4. The summed E-state index contributed by atoms with van der Waals surface area (Å²) in [5.41, 5.74) is 3.26. The maximum absolute atomic E-state index is 13.0. The zero-order valence-corrected chi connectivity index (χ0v) is 15.5. The summed E-state index contributed by atoms with van der Waals surface area (Å²) in [6.07, 6.45) is 5.54. The van der Waals surface area contributed by atoms with Crippen molar-refractivity contribution in [2.24, 2.45) is 0 Å². The van der Waals surface area contributed by atoms with E-state index in [1.165, 1.54) is 11.3 Å². The minimum Gasteiger partial charge on any atom is -0.370 e. The molecule has 5 nitrogen and oxygen atoms in total. The van der Waals surface area contributed by atoms with Gasteiger partial charge in [0.05, 0.1) is 30.7 Å². The molecule has 0 saturated heterocycles. The Hall–Kier alpha value is -2.44. The van der Waals surface area contributed by atoms with Gasteiger partial charge < -0.3 is 14.2 Å². The summed E-state index contributed by atoms with van der Waals surface area (Å²) in [6, 6.07) is 10.0. The lowest BCUT2D eigenvalue weighted by Gasteiger charge is -2.24. The standard InChI is InChI=1S/C20H21N3O2S/c1-15-6-10-26-19(15)20(24)23-11-17-3-2-9-22(17)12-18(13-23)25-14-16-4-7-21-8-5-16/h2-10,18H,11-14H2,1H3/t18-/m1/s1. The van der Waals surface area contributed by atoms with Crippen LogP contribution in [0.25, 0.3) is 0 Å². The molecule has 0 aromatic carbocycles. The molecule has 1 aliphatic rings. The summed E-state index contributed by atoms with van der Waals surface area (Å²) in [7, 11) is 0. The van der Waals surface area contributed by atoms with Gasteiger partial charge in [0.25, 0.3) is 5.91 Å². The van der Waals surface area contributed by atoms with E-state index in [0.29, 0.717) is 19.7 Å². The number of hydrogen-bond donors (Lipinski definition) is 0. The Morgan fingerprint density at radius 1 is 1.27 bits per heavy atom. The number of carbonyl (C=O) groups excluding carboxylic acids is 1. The van der Waals surface area contributed by atoms with Crippen LogP contribution >= 0.6 is 11.3 Å². The molecule has 0 N–H and O–H groups in total. The van der Waals surface area contributed by atoms with Gasteiger partial charge in [-0.25, -0.2) is 0 Å². The lowest BCUT2D eigenvalue weighted by Crippen LogP contribution is -2.37. The number of amides is 1. The van der Waals surface area contributed by atoms with E-state index in [-0.39, 0.29) is 12.0 Å². The van der Waals surface area contributed by atoms with E-state index < -0.39 is 0 Å². The van der Waals surface area contributed by atoms with Gasteiger partial charge in [-0.2, -0.15) is 0 Å². The Balaban J connectivity index is 1.53. The zero-order chi connectivity index (χ0) is 17.9. The Morgan fingerprint density at radius 3 is 2.88 bits per heavy atom. The number of aryl methyl sites for hydroxylation is 1. The number of carbonyl (C=O) groups is 1. The highest BCUT2D eigenvalue weighted by atomic mass is 32.1. The van der Waals surface area contributed by atoms with Crippen LogP contribution < -0.4 is 0 Å². The molecule has 6 heteroatoms. The molecule has 0 unspecified atom stereocenters. The molecule has 26 heavy (non-hydrogen) atoms. The number of aromatic nitrogens is 2. The van der Waals surface area contributed by atoms with E-state index in [4.69, 9.17) is 4.74 Å². The number of nitrogens with zero attached hydrogens (tertiary/aromatic N) is 3. The van der Waals surface area contributed by atoms with Crippen molar-refractivity contribution in [1.82, 2.24) is 14.5 Å². The van der Waals surface area contributed by atoms with Gasteiger partial charge in [0.2, 0.25) is 0 Å². The van der Waals surface area contributed by atoms with Crippen LogP contribution in [0, 0.1) is 6.92 Å². The second-order valence-electron chi connectivity index (χ2n) is 6.56. The number of thiophene rings is 1. The van der Waals surface area contributed by atoms with E-state index in [1.54, 1.807) is 12.4 Å². The average molecular weight is 367 g/mol. The molecule has 4 rings (SSSR count). The van der Waals surface area contributed by atoms with Crippen molar-refractivity contribution in [3.63, 3.8) is 0 Å². The molecule has 0 bridgehead atoms. The molecule has 134 valence electrons. The molecule has 0 fully saturated rings. The molecule has 4 heterocycles. The predicted molar refractivity (Wildman–Crippen MR) is 101 cm³/mol. The van der Waals surface area contributed by atoms with Crippen molar-refractivity contribution in [3.8, 4) is 0 Å². The highest BCUT2D eigenvalue weighted by molar-refractivity contribution is 7.12. The third-order valence-electron chi connectivity index (χ3n) is 4.68. The normalized spacial score (nSPS) is 17.0. The average Bonchev–Trinajstić information content (AvgIpc) is 3.24. The number of hydrogen-bond acceptors (Lipinski definition) is 4. The van der Waals surface area contributed by atoms with Gasteiger partial charge in [0, 0.05) is 30.8 Å². The van der Waals surface area contributed by atoms with Crippen LogP contribution in [-0.4, -0.2) is 33.0 Å². The lowest BCUT2D eigenvalue weighted by molar-refractivity contribution is 0.0106. The van der Waals surface area contributed by atoms with Gasteiger partial charge in [0.1, 0.15) is 0 Å². The fourth-order valence-corrected chi connectivity index (χ4v) is 4.13. The van der Waals surface area contributed by atoms with Crippen LogP contribution in [0.4, 0.5) is 0 Å². The Labute approximate surface area is 156 Å². The van der Waals surface area contributed by atoms with Crippen molar-refractivity contribution >= 4 is 17.2 Å². The Morgan fingerprint density at radius 2 is 2.12 bits per heavy atom. The highest BCUT2D eigenvalue weighted by Gasteiger charge is 2.27. The first kappa shape index (κ1) is 17.0. The summed E-state index contributed by atoms with van der Waals surface area (Å²) in [5.74, 6) is 0.0876. The van der Waals surface area contributed by atoms with Gasteiger partial charge in [0.15, 0.2) is 0 Å². The van der Waals surface area contributed by atoms with Gasteiger partial charge >= 0.3 is 0 Å². The van der Waals surface area contributed by atoms with Crippen molar-refractivity contribution < 1.29 is 9.53 Å². The molecular weight excluding hydrogens is 346 g/mol. The quantitative estimate of drug-likeness (QED) is 0.709. The highest BCUT2D eigenvalue weighted by Crippen LogP contribution is 2.22. The first-order valence-electron chi connectivity index (χ1n) is 8.68. The van der Waals surface area contributed by atoms with E-state index in [0.717, 1.165) is 28.2 Å². The van der Waals surface area contributed by atoms with Crippen LogP contribution in [0.3, 0.4) is 0 Å². The summed E-state index contributed by atoms with van der Waals surface area (Å²) < 4.78 is 8.35. The summed E-state index contributed by atoms with van der Waals surface area (Å²) in [4.78, 5) is 19.8. The Bertz CT molecular complexity index is 887. The Kier molecular flexibility index (Phi) is 4.86. The molecule has 3 aromatic heterocycles. The van der Waals surface area contributed by atoms with Crippen LogP contribution in [-0.2, 0) is 24.4 Å². The number of fused-ring (bicyclic) bond motifs is 1. The molecule has 1 aliphatic heterocycles. The van der Waals surface area contributed by atoms with Gasteiger partial charge in [-0.15, -0.1) is 11.3 Å². The van der Waals surface area contributed by atoms with Gasteiger partial charge in [-0.1, -0.05) is 0 Å². The third kappa shape index (κ3) is 3.57. The van der Waals surface area contributed by atoms with Crippen molar-refractivity contribution in [3.05, 3.63) is 76.0 Å². The SMILES string of the molecule is Cc1ccsc1C(=O)N1Cc2cccn2C[C@@H](OCc2ccncc2)C1. The first-order chi connectivity index (χ1) is 12.7. The maximum atomic E-state index is 13.0. The molecule has 0 aliphatic carbocycles. The summed E-state index contributed by atoms with van der Waals surface area (Å²) >= 11 is 1.51. The fraction of sp³-hybridized carbons (Fsp3) is 0.300. The van der Waals surface area contributed by atoms with Crippen LogP contribution in [0.5, 0.6) is 0 Å². The summed E-state index contributed by atoms with van der Waals surface area (Å²) in [5, 5.41) is 1.97. The van der Waals surface area contributed by atoms with Gasteiger partial charge in [-0.05, 0) is 53.8 Å². The van der Waals surface area contributed by atoms with E-state index in [1.807, 2.05) is 41.5 Å². The topological polar surface area (TPSA) is 47.4 Å². The van der Waals surface area contributed by atoms with Crippen molar-refractivity contribution in [1.29, 1.82) is 0 Å². The molecular formula is C20H21N3O2S. The van der Waals surface area contributed by atoms with Crippen LogP contribution in [0.2, 0.25) is 0 Å². The van der Waals surface area contributed by atoms with Gasteiger partial charge in [-0.3, -0.25) is 9.78 Å². The fourth-order valence-electron chi connectivity index (χ4n) is 3.24. The smallest absolute Gasteiger partial charge is 0.264 e. The molecule has 1 atom stereocenters. The van der Waals surface area contributed by atoms with Crippen molar-refractivity contribution in [2.75, 3.05) is 6.54 Å². The van der Waals surface area contributed by atoms with Crippen molar-refractivity contribution in [2.45, 2.75) is 32.7 Å². The molecule has 0 saturated carbocycles. The third-order valence-corrected chi connectivity index (χ3v) is 5.68. The second kappa shape index (κ2) is 7.43. The van der Waals surface area contributed by atoms with E-state index in [9.17, 15) is 4.79 Å². The monoisotopic (exact) mass is 367 g/mol. The minimum atomic E-state index is -0.0546. The minimum absolute atomic E-state index is 0.0546. The molecule has 3 aromatic rings. The first-order valence-corrected chi connectivity index (χ1v) is 9.56. The lowest BCUT2D eigenvalue weighted by atomic mass is 10.2. The van der Waals surface area contributed by atoms with Crippen LogP contribution in [0.1, 0.15) is 26.5 Å². The molecule has 0 spiro atoms. The maximum Gasteiger partial charge on any atom is 0.264 e. The number of ether oxygens (including phenoxy) is 1. The van der Waals surface area contributed by atoms with E-state index >= 15 is 0 Å².